The third-order valence-electron chi connectivity index (χ3n) is 3.11. The van der Waals surface area contributed by atoms with Crippen LogP contribution in [0.1, 0.15) is 29.2 Å². The van der Waals surface area contributed by atoms with Crippen LogP contribution in [-0.2, 0) is 0 Å². The van der Waals surface area contributed by atoms with Crippen LogP contribution in [0, 0.1) is 6.92 Å². The Labute approximate surface area is 117 Å². The molecule has 0 saturated heterocycles. The molecule has 0 aliphatic rings. The molecule has 0 spiro atoms. The quantitative estimate of drug-likeness (QED) is 0.856. The number of hydrogen-bond acceptors (Lipinski definition) is 3. The Balaban J connectivity index is 2.35. The molecule has 0 saturated carbocycles. The lowest BCUT2D eigenvalue weighted by molar-refractivity contribution is 0.0759. The van der Waals surface area contributed by atoms with Crippen molar-refractivity contribution in [3.05, 3.63) is 40.9 Å². The molecule has 1 aromatic carbocycles. The highest BCUT2D eigenvalue weighted by atomic mass is 32.1. The van der Waals surface area contributed by atoms with E-state index in [1.165, 1.54) is 11.3 Å². The summed E-state index contributed by atoms with van der Waals surface area (Å²) in [5.74, 6) is 0.0483. The molecule has 0 fully saturated rings. The third-order valence-corrected chi connectivity index (χ3v) is 4.30. The minimum absolute atomic E-state index is 0.0483. The van der Waals surface area contributed by atoms with Gasteiger partial charge in [-0.2, -0.15) is 0 Å². The van der Waals surface area contributed by atoms with Crippen molar-refractivity contribution in [2.45, 2.75) is 26.8 Å². The molecule has 19 heavy (non-hydrogen) atoms. The van der Waals surface area contributed by atoms with E-state index in [1.54, 1.807) is 4.90 Å². The van der Waals surface area contributed by atoms with E-state index in [1.807, 2.05) is 58.2 Å². The largest absolute Gasteiger partial charge is 0.339 e. The summed E-state index contributed by atoms with van der Waals surface area (Å²) in [6, 6.07) is 10.1. The van der Waals surface area contributed by atoms with Crippen molar-refractivity contribution in [1.82, 2.24) is 9.88 Å². The Hall–Kier alpha value is -1.68. The van der Waals surface area contributed by atoms with E-state index in [0.29, 0.717) is 0 Å². The molecule has 0 unspecified atom stereocenters. The molecule has 0 radical (unpaired) electrons. The number of amides is 1. The summed E-state index contributed by atoms with van der Waals surface area (Å²) in [5, 5.41) is 0.901. The lowest BCUT2D eigenvalue weighted by Gasteiger charge is -2.20. The molecule has 1 aromatic heterocycles. The first kappa shape index (κ1) is 13.7. The first-order valence-electron chi connectivity index (χ1n) is 6.30. The second-order valence-corrected chi connectivity index (χ2v) is 5.81. The highest BCUT2D eigenvalue weighted by Crippen LogP contribution is 2.28. The maximum Gasteiger partial charge on any atom is 0.265 e. The van der Waals surface area contributed by atoms with Gasteiger partial charge in [0.1, 0.15) is 9.88 Å². The van der Waals surface area contributed by atoms with Crippen LogP contribution >= 0.6 is 11.3 Å². The van der Waals surface area contributed by atoms with Crippen molar-refractivity contribution in [1.29, 1.82) is 0 Å². The summed E-state index contributed by atoms with van der Waals surface area (Å²) in [6.07, 6.45) is 0. The van der Waals surface area contributed by atoms with Crippen molar-refractivity contribution < 1.29 is 4.79 Å². The number of carbonyl (C=O) groups is 1. The predicted octanol–water partition coefficient (Wildman–Crippen LogP) is 3.60. The van der Waals surface area contributed by atoms with Gasteiger partial charge in [0.15, 0.2) is 0 Å². The van der Waals surface area contributed by atoms with Gasteiger partial charge >= 0.3 is 0 Å². The van der Waals surface area contributed by atoms with Crippen molar-refractivity contribution in [3.8, 4) is 10.6 Å². The molecule has 0 bridgehead atoms. The fraction of sp³-hybridized carbons (Fsp3) is 0.333. The summed E-state index contributed by atoms with van der Waals surface area (Å²) in [5.41, 5.74) is 1.86. The molecule has 0 aliphatic carbocycles. The molecule has 0 atom stereocenters. The SMILES string of the molecule is Cc1nc(-c2ccccc2)sc1C(=O)N(C)C(C)C. The van der Waals surface area contributed by atoms with Gasteiger partial charge in [-0.05, 0) is 20.8 Å². The fourth-order valence-corrected chi connectivity index (χ4v) is 2.75. The second kappa shape index (κ2) is 5.53. The summed E-state index contributed by atoms with van der Waals surface area (Å²) in [6.45, 7) is 5.91. The lowest BCUT2D eigenvalue weighted by Crippen LogP contribution is -2.32. The van der Waals surface area contributed by atoms with Crippen LogP contribution in [0.5, 0.6) is 0 Å². The van der Waals surface area contributed by atoms with Crippen molar-refractivity contribution in [2.24, 2.45) is 0 Å². The van der Waals surface area contributed by atoms with Crippen LogP contribution in [0.25, 0.3) is 10.6 Å². The number of carbonyl (C=O) groups excluding carboxylic acids is 1. The van der Waals surface area contributed by atoms with Crippen LogP contribution in [0.15, 0.2) is 30.3 Å². The van der Waals surface area contributed by atoms with Crippen LogP contribution in [0.2, 0.25) is 0 Å². The lowest BCUT2D eigenvalue weighted by atomic mass is 10.2. The van der Waals surface area contributed by atoms with Crippen molar-refractivity contribution in [2.75, 3.05) is 7.05 Å². The van der Waals surface area contributed by atoms with Crippen molar-refractivity contribution >= 4 is 17.2 Å². The Bertz CT molecular complexity index is 575. The molecular formula is C15H18N2OS. The fourth-order valence-electron chi connectivity index (χ4n) is 1.69. The molecule has 0 N–H and O–H groups in total. The van der Waals surface area contributed by atoms with Gasteiger partial charge in [-0.15, -0.1) is 11.3 Å². The zero-order valence-electron chi connectivity index (χ0n) is 11.7. The van der Waals surface area contributed by atoms with Gasteiger partial charge in [0.25, 0.3) is 5.91 Å². The minimum Gasteiger partial charge on any atom is -0.339 e. The maximum atomic E-state index is 12.3. The van der Waals surface area contributed by atoms with E-state index in [-0.39, 0.29) is 11.9 Å². The monoisotopic (exact) mass is 274 g/mol. The van der Waals surface area contributed by atoms with Gasteiger partial charge in [-0.1, -0.05) is 30.3 Å². The molecular weight excluding hydrogens is 256 g/mol. The van der Waals surface area contributed by atoms with Gasteiger partial charge in [0, 0.05) is 18.7 Å². The molecule has 4 heteroatoms. The predicted molar refractivity (Wildman–Crippen MR) is 79.5 cm³/mol. The van der Waals surface area contributed by atoms with Gasteiger partial charge in [0.05, 0.1) is 5.69 Å². The van der Waals surface area contributed by atoms with E-state index < -0.39 is 0 Å². The highest BCUT2D eigenvalue weighted by Gasteiger charge is 2.20. The molecule has 3 nitrogen and oxygen atoms in total. The number of aromatic nitrogens is 1. The number of thiazole rings is 1. The molecule has 100 valence electrons. The number of hydrogen-bond donors (Lipinski definition) is 0. The standard InChI is InChI=1S/C15H18N2OS/c1-10(2)17(4)15(18)13-11(3)16-14(19-13)12-8-6-5-7-9-12/h5-10H,1-4H3. The Kier molecular flexibility index (Phi) is 4.00. The van der Waals surface area contributed by atoms with Crippen molar-refractivity contribution in [3.63, 3.8) is 0 Å². The molecule has 2 rings (SSSR count). The third kappa shape index (κ3) is 2.84. The smallest absolute Gasteiger partial charge is 0.265 e. The maximum absolute atomic E-state index is 12.3. The molecule has 0 aliphatic heterocycles. The second-order valence-electron chi connectivity index (χ2n) is 4.81. The van der Waals surface area contributed by atoms with Gasteiger partial charge in [-0.3, -0.25) is 4.79 Å². The molecule has 1 amide bonds. The Morgan fingerprint density at radius 1 is 1.26 bits per heavy atom. The molecule has 2 aromatic rings. The number of rotatable bonds is 3. The summed E-state index contributed by atoms with van der Waals surface area (Å²) < 4.78 is 0. The summed E-state index contributed by atoms with van der Waals surface area (Å²) >= 11 is 1.46. The summed E-state index contributed by atoms with van der Waals surface area (Å²) in [4.78, 5) is 19.3. The average molecular weight is 274 g/mol. The van der Waals surface area contributed by atoms with E-state index >= 15 is 0 Å². The number of aryl methyl sites for hydroxylation is 1. The van der Waals surface area contributed by atoms with E-state index in [9.17, 15) is 4.79 Å². The minimum atomic E-state index is 0.0483. The first-order chi connectivity index (χ1) is 9.00. The van der Waals surface area contributed by atoms with E-state index in [2.05, 4.69) is 4.98 Å². The van der Waals surface area contributed by atoms with Crippen LogP contribution in [0.4, 0.5) is 0 Å². The Morgan fingerprint density at radius 3 is 2.47 bits per heavy atom. The van der Waals surface area contributed by atoms with Crippen LogP contribution in [-0.4, -0.2) is 28.9 Å². The first-order valence-corrected chi connectivity index (χ1v) is 7.12. The van der Waals surface area contributed by atoms with E-state index in [4.69, 9.17) is 0 Å². The zero-order valence-corrected chi connectivity index (χ0v) is 12.5. The van der Waals surface area contributed by atoms with Crippen LogP contribution in [0.3, 0.4) is 0 Å². The number of benzene rings is 1. The number of nitrogens with zero attached hydrogens (tertiary/aromatic N) is 2. The molecule has 1 heterocycles. The highest BCUT2D eigenvalue weighted by molar-refractivity contribution is 7.17. The Morgan fingerprint density at radius 2 is 1.89 bits per heavy atom. The van der Waals surface area contributed by atoms with E-state index in [0.717, 1.165) is 21.1 Å². The average Bonchev–Trinajstić information content (AvgIpc) is 2.80. The topological polar surface area (TPSA) is 33.2 Å². The normalized spacial score (nSPS) is 10.8. The van der Waals surface area contributed by atoms with Gasteiger partial charge in [0.2, 0.25) is 0 Å². The van der Waals surface area contributed by atoms with Gasteiger partial charge in [-0.25, -0.2) is 4.98 Å². The van der Waals surface area contributed by atoms with Crippen LogP contribution < -0.4 is 0 Å². The zero-order chi connectivity index (χ0) is 14.0. The summed E-state index contributed by atoms with van der Waals surface area (Å²) in [7, 11) is 1.83. The van der Waals surface area contributed by atoms with Gasteiger partial charge < -0.3 is 4.90 Å².